The Labute approximate surface area is 162 Å². The van der Waals surface area contributed by atoms with Crippen LogP contribution in [0.1, 0.15) is 25.8 Å². The van der Waals surface area contributed by atoms with Crippen molar-refractivity contribution in [3.8, 4) is 0 Å². The summed E-state index contributed by atoms with van der Waals surface area (Å²) in [5, 5.41) is 11.8. The van der Waals surface area contributed by atoms with E-state index in [1.807, 2.05) is 0 Å². The van der Waals surface area contributed by atoms with E-state index < -0.39 is 23.8 Å². The Bertz CT molecular complexity index is 798. The number of aryl methyl sites for hydroxylation is 1. The van der Waals surface area contributed by atoms with Crippen molar-refractivity contribution in [2.75, 3.05) is 24.5 Å². The average Bonchev–Trinajstić information content (AvgIpc) is 3.01. The summed E-state index contributed by atoms with van der Waals surface area (Å²) >= 11 is 0. The first-order valence-corrected chi connectivity index (χ1v) is 8.96. The summed E-state index contributed by atoms with van der Waals surface area (Å²) in [6, 6.07) is 3.17. The van der Waals surface area contributed by atoms with Gasteiger partial charge in [-0.3, -0.25) is 14.4 Å². The van der Waals surface area contributed by atoms with E-state index in [0.717, 1.165) is 4.90 Å². The minimum atomic E-state index is -1.17. The summed E-state index contributed by atoms with van der Waals surface area (Å²) in [5.74, 6) is -3.31. The van der Waals surface area contributed by atoms with Crippen molar-refractivity contribution in [2.24, 2.45) is 5.92 Å². The average molecular weight is 393 g/mol. The number of hydrogen-bond donors (Lipinski definition) is 2. The van der Waals surface area contributed by atoms with Crippen LogP contribution in [0.4, 0.5) is 10.1 Å². The van der Waals surface area contributed by atoms with Crippen LogP contribution in [0.15, 0.2) is 18.2 Å². The molecule has 2 N–H and O–H groups in total. The maximum atomic E-state index is 13.5. The summed E-state index contributed by atoms with van der Waals surface area (Å²) in [6.07, 6.45) is -0.0573. The third-order valence-corrected chi connectivity index (χ3v) is 4.76. The number of carbonyl (C=O) groups is 4. The Balaban J connectivity index is 2.15. The van der Waals surface area contributed by atoms with Gasteiger partial charge in [-0.25, -0.2) is 9.18 Å². The highest BCUT2D eigenvalue weighted by molar-refractivity contribution is 6.00. The fraction of sp³-hybridized carbons (Fsp3) is 0.474. The standard InChI is InChI=1S/C19H24FN3O5/c1-11-8-15(4-5-16(11)20)23-10-14(9-17(23)25)18(26)22(12(2)19(27)28)7-6-21-13(3)24/h4-5,8,12,14H,6-7,9-10H2,1-3H3,(H,21,24)(H,27,28). The van der Waals surface area contributed by atoms with Crippen molar-refractivity contribution in [1.82, 2.24) is 10.2 Å². The number of hydrogen-bond acceptors (Lipinski definition) is 4. The second kappa shape index (κ2) is 8.81. The molecule has 9 heteroatoms. The Morgan fingerprint density at radius 2 is 2.07 bits per heavy atom. The molecule has 0 aromatic heterocycles. The van der Waals surface area contributed by atoms with Gasteiger partial charge in [-0.2, -0.15) is 0 Å². The minimum Gasteiger partial charge on any atom is -0.480 e. The van der Waals surface area contributed by atoms with Crippen molar-refractivity contribution in [3.63, 3.8) is 0 Å². The van der Waals surface area contributed by atoms with Crippen LogP contribution >= 0.6 is 0 Å². The predicted octanol–water partition coefficient (Wildman–Crippen LogP) is 0.925. The maximum absolute atomic E-state index is 13.5. The van der Waals surface area contributed by atoms with E-state index in [-0.39, 0.29) is 43.7 Å². The van der Waals surface area contributed by atoms with E-state index in [2.05, 4.69) is 5.32 Å². The Morgan fingerprint density at radius 3 is 2.64 bits per heavy atom. The number of aliphatic carboxylic acids is 1. The summed E-state index contributed by atoms with van der Waals surface area (Å²) < 4.78 is 13.5. The van der Waals surface area contributed by atoms with Gasteiger partial charge in [-0.1, -0.05) is 0 Å². The van der Waals surface area contributed by atoms with Gasteiger partial charge in [-0.05, 0) is 37.6 Å². The van der Waals surface area contributed by atoms with Crippen LogP contribution in [0.3, 0.4) is 0 Å². The first-order chi connectivity index (χ1) is 13.1. The topological polar surface area (TPSA) is 107 Å². The van der Waals surface area contributed by atoms with Gasteiger partial charge in [0.15, 0.2) is 0 Å². The maximum Gasteiger partial charge on any atom is 0.326 e. The monoisotopic (exact) mass is 393 g/mol. The highest BCUT2D eigenvalue weighted by atomic mass is 19.1. The van der Waals surface area contributed by atoms with Crippen molar-refractivity contribution in [1.29, 1.82) is 0 Å². The van der Waals surface area contributed by atoms with Gasteiger partial charge in [0.1, 0.15) is 11.9 Å². The summed E-state index contributed by atoms with van der Waals surface area (Å²) in [5.41, 5.74) is 0.881. The minimum absolute atomic E-state index is 0.0201. The SMILES string of the molecule is CC(=O)NCCN(C(=O)C1CC(=O)N(c2ccc(F)c(C)c2)C1)C(C)C(=O)O. The summed E-state index contributed by atoms with van der Waals surface area (Å²) in [6.45, 7) is 4.51. The van der Waals surface area contributed by atoms with Crippen LogP contribution in [0.25, 0.3) is 0 Å². The summed E-state index contributed by atoms with van der Waals surface area (Å²) in [4.78, 5) is 50.3. The number of benzene rings is 1. The van der Waals surface area contributed by atoms with Gasteiger partial charge < -0.3 is 20.2 Å². The predicted molar refractivity (Wildman–Crippen MR) is 99.1 cm³/mol. The van der Waals surface area contributed by atoms with Crippen LogP contribution < -0.4 is 10.2 Å². The van der Waals surface area contributed by atoms with Crippen molar-refractivity contribution < 1.29 is 28.7 Å². The molecule has 0 radical (unpaired) electrons. The molecule has 1 aliphatic rings. The molecule has 1 aromatic rings. The molecule has 0 aliphatic carbocycles. The number of carboxylic acid groups (broad SMARTS) is 1. The van der Waals surface area contributed by atoms with Gasteiger partial charge in [0.05, 0.1) is 5.92 Å². The van der Waals surface area contributed by atoms with Gasteiger partial charge in [-0.15, -0.1) is 0 Å². The number of nitrogens with one attached hydrogen (secondary N) is 1. The van der Waals surface area contributed by atoms with E-state index in [1.54, 1.807) is 6.92 Å². The molecule has 2 unspecified atom stereocenters. The molecule has 0 saturated carbocycles. The zero-order chi connectivity index (χ0) is 21.0. The first-order valence-electron chi connectivity index (χ1n) is 8.96. The number of rotatable bonds is 7. The smallest absolute Gasteiger partial charge is 0.326 e. The number of carboxylic acids is 1. The van der Waals surface area contributed by atoms with Crippen molar-refractivity contribution in [2.45, 2.75) is 33.2 Å². The second-order valence-corrected chi connectivity index (χ2v) is 6.87. The van der Waals surface area contributed by atoms with Gasteiger partial charge in [0.2, 0.25) is 17.7 Å². The molecule has 1 aromatic carbocycles. The molecule has 0 bridgehead atoms. The second-order valence-electron chi connectivity index (χ2n) is 6.87. The van der Waals surface area contributed by atoms with E-state index in [0.29, 0.717) is 11.3 Å². The van der Waals surface area contributed by atoms with Crippen LogP contribution in [-0.2, 0) is 19.2 Å². The molecule has 8 nitrogen and oxygen atoms in total. The highest BCUT2D eigenvalue weighted by Crippen LogP contribution is 2.28. The fourth-order valence-corrected chi connectivity index (χ4v) is 3.13. The Hall–Kier alpha value is -2.97. The molecular weight excluding hydrogens is 369 g/mol. The lowest BCUT2D eigenvalue weighted by molar-refractivity contribution is -0.151. The molecular formula is C19H24FN3O5. The zero-order valence-electron chi connectivity index (χ0n) is 16.1. The number of carbonyl (C=O) groups excluding carboxylic acids is 3. The highest BCUT2D eigenvalue weighted by Gasteiger charge is 2.39. The van der Waals surface area contributed by atoms with Crippen LogP contribution in [0, 0.1) is 18.7 Å². The molecule has 1 fully saturated rings. The number of anilines is 1. The van der Waals surface area contributed by atoms with E-state index >= 15 is 0 Å². The molecule has 28 heavy (non-hydrogen) atoms. The number of amides is 3. The third kappa shape index (κ3) is 4.85. The van der Waals surface area contributed by atoms with Crippen LogP contribution in [0.2, 0.25) is 0 Å². The zero-order valence-corrected chi connectivity index (χ0v) is 16.1. The van der Waals surface area contributed by atoms with Gasteiger partial charge >= 0.3 is 5.97 Å². The molecule has 3 amide bonds. The van der Waals surface area contributed by atoms with E-state index in [1.165, 1.54) is 36.9 Å². The molecule has 0 spiro atoms. The lowest BCUT2D eigenvalue weighted by Crippen LogP contribution is -2.49. The lowest BCUT2D eigenvalue weighted by Gasteiger charge is -2.29. The van der Waals surface area contributed by atoms with E-state index in [4.69, 9.17) is 0 Å². The van der Waals surface area contributed by atoms with Gasteiger partial charge in [0.25, 0.3) is 0 Å². The third-order valence-electron chi connectivity index (χ3n) is 4.76. The molecule has 152 valence electrons. The molecule has 1 saturated heterocycles. The summed E-state index contributed by atoms with van der Waals surface area (Å²) in [7, 11) is 0. The van der Waals surface area contributed by atoms with Crippen molar-refractivity contribution >= 4 is 29.4 Å². The van der Waals surface area contributed by atoms with Crippen LogP contribution in [-0.4, -0.2) is 59.4 Å². The molecule has 1 aliphatic heterocycles. The normalized spacial score (nSPS) is 17.4. The quantitative estimate of drug-likeness (QED) is 0.717. The molecule has 1 heterocycles. The molecule has 2 rings (SSSR count). The largest absolute Gasteiger partial charge is 0.480 e. The Morgan fingerprint density at radius 1 is 1.39 bits per heavy atom. The number of halogens is 1. The first kappa shape index (κ1) is 21.3. The van der Waals surface area contributed by atoms with Gasteiger partial charge in [0, 0.05) is 38.7 Å². The fourth-order valence-electron chi connectivity index (χ4n) is 3.13. The van der Waals surface area contributed by atoms with E-state index in [9.17, 15) is 28.7 Å². The lowest BCUT2D eigenvalue weighted by atomic mass is 10.1. The Kier molecular flexibility index (Phi) is 6.71. The number of nitrogens with zero attached hydrogens (tertiary/aromatic N) is 2. The van der Waals surface area contributed by atoms with Crippen molar-refractivity contribution in [3.05, 3.63) is 29.6 Å². The molecule has 2 atom stereocenters. The van der Waals surface area contributed by atoms with Crippen LogP contribution in [0.5, 0.6) is 0 Å².